The quantitative estimate of drug-likeness (QED) is 0.742. The number of nitrogens with zero attached hydrogens (tertiary/aromatic N) is 3. The van der Waals surface area contributed by atoms with Crippen molar-refractivity contribution in [2.24, 2.45) is 11.1 Å². The van der Waals surface area contributed by atoms with E-state index in [-0.39, 0.29) is 11.3 Å². The number of hydrogen-bond acceptors (Lipinski definition) is 4. The van der Waals surface area contributed by atoms with Gasteiger partial charge in [0.25, 0.3) is 0 Å². The number of hydrogen-bond donors (Lipinski definition) is 1. The number of carbonyl (C=O) groups is 1. The number of likely N-dealkylation sites (N-methyl/N-ethyl adjacent to an activating group) is 2. The topological polar surface area (TPSA) is 52.8 Å². The van der Waals surface area contributed by atoms with Gasteiger partial charge in [0.05, 0.1) is 6.54 Å². The largest absolute Gasteiger partial charge is 0.339 e. The molecule has 1 aliphatic rings. The molecule has 0 aromatic carbocycles. The normalized spacial score (nSPS) is 18.1. The standard InChI is InChI=1S/C14H30N4O/c1-5-17(12-14(2,3)11-15)10-13(19)18-8-6-16(4)7-9-18/h5-12,15H2,1-4H3. The summed E-state index contributed by atoms with van der Waals surface area (Å²) in [6, 6.07) is 0. The molecule has 0 atom stereocenters. The van der Waals surface area contributed by atoms with Crippen LogP contribution in [0.1, 0.15) is 20.8 Å². The first kappa shape index (κ1) is 16.4. The van der Waals surface area contributed by atoms with E-state index in [2.05, 4.69) is 37.6 Å². The van der Waals surface area contributed by atoms with Crippen molar-refractivity contribution in [2.45, 2.75) is 20.8 Å². The second-order valence-corrected chi connectivity index (χ2v) is 6.36. The molecule has 112 valence electrons. The molecule has 19 heavy (non-hydrogen) atoms. The van der Waals surface area contributed by atoms with Crippen LogP contribution in [0, 0.1) is 5.41 Å². The van der Waals surface area contributed by atoms with E-state index in [9.17, 15) is 4.79 Å². The van der Waals surface area contributed by atoms with Crippen LogP contribution in [0.2, 0.25) is 0 Å². The Kier molecular flexibility index (Phi) is 6.23. The summed E-state index contributed by atoms with van der Waals surface area (Å²) in [5.41, 5.74) is 5.84. The van der Waals surface area contributed by atoms with Gasteiger partial charge < -0.3 is 15.5 Å². The van der Waals surface area contributed by atoms with Gasteiger partial charge in [-0.05, 0) is 25.6 Å². The number of piperazine rings is 1. The second kappa shape index (κ2) is 7.22. The lowest BCUT2D eigenvalue weighted by Gasteiger charge is -2.35. The Morgan fingerprint density at radius 3 is 2.32 bits per heavy atom. The molecule has 1 amide bonds. The van der Waals surface area contributed by atoms with Gasteiger partial charge in [0.2, 0.25) is 5.91 Å². The van der Waals surface area contributed by atoms with Crippen LogP contribution in [0.4, 0.5) is 0 Å². The van der Waals surface area contributed by atoms with Gasteiger partial charge in [-0.25, -0.2) is 0 Å². The van der Waals surface area contributed by atoms with Gasteiger partial charge in [-0.1, -0.05) is 20.8 Å². The minimum atomic E-state index is 0.0679. The van der Waals surface area contributed by atoms with Gasteiger partial charge >= 0.3 is 0 Å². The third-order valence-electron chi connectivity index (χ3n) is 3.87. The molecule has 0 radical (unpaired) electrons. The monoisotopic (exact) mass is 270 g/mol. The van der Waals surface area contributed by atoms with Crippen molar-refractivity contribution in [2.75, 3.05) is 59.4 Å². The van der Waals surface area contributed by atoms with Crippen molar-refractivity contribution in [1.82, 2.24) is 14.7 Å². The smallest absolute Gasteiger partial charge is 0.236 e. The van der Waals surface area contributed by atoms with Crippen molar-refractivity contribution in [3.8, 4) is 0 Å². The van der Waals surface area contributed by atoms with E-state index in [0.29, 0.717) is 13.1 Å². The summed E-state index contributed by atoms with van der Waals surface area (Å²) in [7, 11) is 2.10. The highest BCUT2D eigenvalue weighted by Crippen LogP contribution is 2.14. The summed E-state index contributed by atoms with van der Waals surface area (Å²) in [5.74, 6) is 0.253. The van der Waals surface area contributed by atoms with E-state index in [0.717, 1.165) is 39.3 Å². The van der Waals surface area contributed by atoms with E-state index in [1.807, 2.05) is 4.90 Å². The Morgan fingerprint density at radius 2 is 1.84 bits per heavy atom. The van der Waals surface area contributed by atoms with Crippen molar-refractivity contribution in [1.29, 1.82) is 0 Å². The fraction of sp³-hybridized carbons (Fsp3) is 0.929. The van der Waals surface area contributed by atoms with Crippen molar-refractivity contribution < 1.29 is 4.79 Å². The lowest BCUT2D eigenvalue weighted by molar-refractivity contribution is -0.134. The molecule has 1 aliphatic heterocycles. The van der Waals surface area contributed by atoms with E-state index in [4.69, 9.17) is 5.73 Å². The number of carbonyl (C=O) groups excluding carboxylic acids is 1. The molecular formula is C14H30N4O. The Balaban J connectivity index is 2.44. The maximum Gasteiger partial charge on any atom is 0.236 e. The van der Waals surface area contributed by atoms with Crippen LogP contribution in [-0.2, 0) is 4.79 Å². The first-order valence-corrected chi connectivity index (χ1v) is 7.26. The third kappa shape index (κ3) is 5.47. The summed E-state index contributed by atoms with van der Waals surface area (Å²) in [6.45, 7) is 13.0. The molecule has 0 unspecified atom stereocenters. The van der Waals surface area contributed by atoms with Crippen LogP contribution >= 0.6 is 0 Å². The fourth-order valence-electron chi connectivity index (χ4n) is 2.30. The predicted molar refractivity (Wildman–Crippen MR) is 79.0 cm³/mol. The second-order valence-electron chi connectivity index (χ2n) is 6.36. The van der Waals surface area contributed by atoms with Gasteiger partial charge in [0, 0.05) is 32.7 Å². The Hall–Kier alpha value is -0.650. The maximum atomic E-state index is 12.3. The first-order valence-electron chi connectivity index (χ1n) is 7.26. The van der Waals surface area contributed by atoms with E-state index >= 15 is 0 Å². The Bertz CT molecular complexity index is 285. The average Bonchev–Trinajstić information content (AvgIpc) is 2.38. The molecule has 0 bridgehead atoms. The van der Waals surface area contributed by atoms with E-state index in [1.165, 1.54) is 0 Å². The number of nitrogens with two attached hydrogens (primary N) is 1. The van der Waals surface area contributed by atoms with Crippen LogP contribution in [0.3, 0.4) is 0 Å². The molecule has 0 spiro atoms. The van der Waals surface area contributed by atoms with E-state index < -0.39 is 0 Å². The highest BCUT2D eigenvalue weighted by atomic mass is 16.2. The van der Waals surface area contributed by atoms with Crippen LogP contribution < -0.4 is 5.73 Å². The summed E-state index contributed by atoms with van der Waals surface area (Å²) >= 11 is 0. The zero-order chi connectivity index (χ0) is 14.5. The molecule has 5 nitrogen and oxygen atoms in total. The molecule has 5 heteroatoms. The van der Waals surface area contributed by atoms with Gasteiger partial charge in [-0.3, -0.25) is 9.69 Å². The zero-order valence-electron chi connectivity index (χ0n) is 13.0. The molecule has 1 fully saturated rings. The molecule has 0 saturated carbocycles. The van der Waals surface area contributed by atoms with Crippen LogP contribution in [0.15, 0.2) is 0 Å². The molecule has 1 rings (SSSR count). The summed E-state index contributed by atoms with van der Waals surface area (Å²) in [4.78, 5) is 18.7. The first-order chi connectivity index (χ1) is 8.88. The van der Waals surface area contributed by atoms with Gasteiger partial charge in [-0.2, -0.15) is 0 Å². The predicted octanol–water partition coefficient (Wildman–Crippen LogP) is 0.0672. The summed E-state index contributed by atoms with van der Waals surface area (Å²) in [5, 5.41) is 0. The number of amides is 1. The molecule has 1 heterocycles. The van der Waals surface area contributed by atoms with Crippen LogP contribution in [0.5, 0.6) is 0 Å². The average molecular weight is 270 g/mol. The Labute approximate surface area is 117 Å². The minimum absolute atomic E-state index is 0.0679. The molecule has 1 saturated heterocycles. The zero-order valence-corrected chi connectivity index (χ0v) is 13.0. The SMILES string of the molecule is CCN(CC(=O)N1CCN(C)CC1)CC(C)(C)CN. The number of rotatable bonds is 6. The lowest BCUT2D eigenvalue weighted by atomic mass is 9.93. The maximum absolute atomic E-state index is 12.3. The Morgan fingerprint density at radius 1 is 1.26 bits per heavy atom. The third-order valence-corrected chi connectivity index (χ3v) is 3.87. The molecule has 0 aromatic heterocycles. The highest BCUT2D eigenvalue weighted by Gasteiger charge is 2.24. The van der Waals surface area contributed by atoms with Crippen molar-refractivity contribution in [3.05, 3.63) is 0 Å². The van der Waals surface area contributed by atoms with Crippen LogP contribution in [-0.4, -0.2) is 80.0 Å². The van der Waals surface area contributed by atoms with Gasteiger partial charge in [0.1, 0.15) is 0 Å². The molecular weight excluding hydrogens is 240 g/mol. The van der Waals surface area contributed by atoms with Crippen LogP contribution in [0.25, 0.3) is 0 Å². The van der Waals surface area contributed by atoms with Gasteiger partial charge in [-0.15, -0.1) is 0 Å². The van der Waals surface area contributed by atoms with Crippen molar-refractivity contribution in [3.63, 3.8) is 0 Å². The lowest BCUT2D eigenvalue weighted by Crippen LogP contribution is -2.51. The molecule has 2 N–H and O–H groups in total. The minimum Gasteiger partial charge on any atom is -0.339 e. The molecule has 0 aliphatic carbocycles. The molecule has 0 aromatic rings. The fourth-order valence-corrected chi connectivity index (χ4v) is 2.30. The highest BCUT2D eigenvalue weighted by molar-refractivity contribution is 5.78. The van der Waals surface area contributed by atoms with E-state index in [1.54, 1.807) is 0 Å². The summed E-state index contributed by atoms with van der Waals surface area (Å²) < 4.78 is 0. The summed E-state index contributed by atoms with van der Waals surface area (Å²) in [6.07, 6.45) is 0. The van der Waals surface area contributed by atoms with Crippen molar-refractivity contribution >= 4 is 5.91 Å². The van der Waals surface area contributed by atoms with Gasteiger partial charge in [0.15, 0.2) is 0 Å².